The van der Waals surface area contributed by atoms with E-state index in [1.807, 2.05) is 7.05 Å². The summed E-state index contributed by atoms with van der Waals surface area (Å²) in [7, 11) is 1.99. The largest absolute Gasteiger partial charge is 0.342 e. The van der Waals surface area contributed by atoms with Gasteiger partial charge in [0, 0.05) is 18.5 Å². The smallest absolute Gasteiger partial charge is 0.228 e. The molecule has 0 radical (unpaired) electrons. The van der Waals surface area contributed by atoms with Crippen LogP contribution in [0.2, 0.25) is 0 Å². The Bertz CT molecular complexity index is 261. The Labute approximate surface area is 111 Å². The minimum atomic E-state index is 0. The molecule has 1 atom stereocenters. The predicted molar refractivity (Wildman–Crippen MR) is 72.4 cm³/mol. The van der Waals surface area contributed by atoms with Crippen molar-refractivity contribution in [2.24, 2.45) is 11.3 Å². The average molecular weight is 261 g/mol. The molecule has 0 aromatic rings. The maximum absolute atomic E-state index is 12.4. The first-order valence-corrected chi connectivity index (χ1v) is 6.66. The summed E-state index contributed by atoms with van der Waals surface area (Å²) in [6.45, 7) is 5.16. The molecule has 3 nitrogen and oxygen atoms in total. The van der Waals surface area contributed by atoms with Crippen LogP contribution in [0.25, 0.3) is 0 Å². The molecule has 1 amide bonds. The van der Waals surface area contributed by atoms with Crippen LogP contribution in [0.4, 0.5) is 0 Å². The molecule has 1 heterocycles. The molecular weight excluding hydrogens is 236 g/mol. The Morgan fingerprint density at radius 1 is 1.47 bits per heavy atom. The molecule has 1 saturated heterocycles. The van der Waals surface area contributed by atoms with Crippen molar-refractivity contribution in [3.8, 4) is 0 Å². The predicted octanol–water partition coefficient (Wildman–Crippen LogP) is 2.06. The lowest BCUT2D eigenvalue weighted by Gasteiger charge is -2.42. The first-order valence-electron chi connectivity index (χ1n) is 6.66. The Morgan fingerprint density at radius 2 is 2.18 bits per heavy atom. The molecule has 1 aliphatic carbocycles. The van der Waals surface area contributed by atoms with Crippen molar-refractivity contribution in [1.29, 1.82) is 0 Å². The van der Waals surface area contributed by atoms with Gasteiger partial charge < -0.3 is 10.2 Å². The lowest BCUT2D eigenvalue weighted by Crippen LogP contribution is -2.46. The third kappa shape index (κ3) is 2.76. The summed E-state index contributed by atoms with van der Waals surface area (Å²) in [5.41, 5.74) is 0.0362. The summed E-state index contributed by atoms with van der Waals surface area (Å²) < 4.78 is 0. The first kappa shape index (κ1) is 14.8. The van der Waals surface area contributed by atoms with Crippen molar-refractivity contribution >= 4 is 18.3 Å². The second-order valence-electron chi connectivity index (χ2n) is 5.45. The van der Waals surface area contributed by atoms with Crippen LogP contribution in [0.15, 0.2) is 0 Å². The number of likely N-dealkylation sites (tertiary alicyclic amines) is 1. The molecule has 1 saturated carbocycles. The summed E-state index contributed by atoms with van der Waals surface area (Å²) in [6.07, 6.45) is 5.68. The number of rotatable bonds is 4. The highest BCUT2D eigenvalue weighted by Gasteiger charge is 2.45. The quantitative estimate of drug-likeness (QED) is 0.839. The molecule has 17 heavy (non-hydrogen) atoms. The molecule has 0 bridgehead atoms. The molecule has 2 fully saturated rings. The van der Waals surface area contributed by atoms with Crippen LogP contribution in [0, 0.1) is 11.3 Å². The van der Waals surface area contributed by atoms with E-state index in [9.17, 15) is 4.79 Å². The zero-order chi connectivity index (χ0) is 11.6. The van der Waals surface area contributed by atoms with E-state index in [1.165, 1.54) is 12.8 Å². The summed E-state index contributed by atoms with van der Waals surface area (Å²) in [5.74, 6) is 1.11. The number of carbonyl (C=O) groups excluding carboxylic acids is 1. The molecule has 4 heteroatoms. The number of nitrogens with one attached hydrogen (secondary N) is 1. The lowest BCUT2D eigenvalue weighted by molar-refractivity contribution is -0.146. The molecular formula is C13H25ClN2O. The van der Waals surface area contributed by atoms with Gasteiger partial charge in [-0.15, -0.1) is 12.4 Å². The Hall–Kier alpha value is -0.280. The van der Waals surface area contributed by atoms with Gasteiger partial charge in [0.05, 0.1) is 0 Å². The van der Waals surface area contributed by atoms with E-state index < -0.39 is 0 Å². The normalized spacial score (nSPS) is 26.2. The van der Waals surface area contributed by atoms with Crippen molar-refractivity contribution < 1.29 is 4.79 Å². The van der Waals surface area contributed by atoms with Gasteiger partial charge in [0.25, 0.3) is 0 Å². The molecule has 1 aliphatic heterocycles. The second kappa shape index (κ2) is 6.05. The van der Waals surface area contributed by atoms with Gasteiger partial charge in [-0.1, -0.05) is 13.3 Å². The van der Waals surface area contributed by atoms with Crippen LogP contribution in [-0.4, -0.2) is 37.5 Å². The first-order chi connectivity index (χ1) is 7.72. The highest BCUT2D eigenvalue weighted by molar-refractivity contribution is 5.85. The van der Waals surface area contributed by atoms with E-state index in [0.29, 0.717) is 11.8 Å². The van der Waals surface area contributed by atoms with Crippen LogP contribution < -0.4 is 5.32 Å². The summed E-state index contributed by atoms with van der Waals surface area (Å²) in [4.78, 5) is 14.6. The van der Waals surface area contributed by atoms with E-state index in [-0.39, 0.29) is 17.8 Å². The second-order valence-corrected chi connectivity index (χ2v) is 5.45. The Balaban J connectivity index is 0.00000144. The van der Waals surface area contributed by atoms with Crippen LogP contribution in [0.5, 0.6) is 0 Å². The molecule has 100 valence electrons. The minimum Gasteiger partial charge on any atom is -0.342 e. The molecule has 2 aliphatic rings. The number of halogens is 1. The lowest BCUT2D eigenvalue weighted by atomic mass is 9.66. The summed E-state index contributed by atoms with van der Waals surface area (Å²) in [5, 5.41) is 3.21. The number of hydrogen-bond donors (Lipinski definition) is 1. The monoisotopic (exact) mass is 260 g/mol. The third-order valence-electron chi connectivity index (χ3n) is 4.51. The highest BCUT2D eigenvalue weighted by atomic mass is 35.5. The maximum Gasteiger partial charge on any atom is 0.228 e. The zero-order valence-corrected chi connectivity index (χ0v) is 11.8. The van der Waals surface area contributed by atoms with Crippen LogP contribution >= 0.6 is 12.4 Å². The molecule has 0 aromatic heterocycles. The van der Waals surface area contributed by atoms with Gasteiger partial charge in [0.2, 0.25) is 5.91 Å². The van der Waals surface area contributed by atoms with Crippen molar-refractivity contribution in [3.63, 3.8) is 0 Å². The average Bonchev–Trinajstić information content (AvgIpc) is 2.66. The highest BCUT2D eigenvalue weighted by Crippen LogP contribution is 2.45. The van der Waals surface area contributed by atoms with E-state index in [0.717, 1.165) is 38.9 Å². The summed E-state index contributed by atoms with van der Waals surface area (Å²) in [6, 6.07) is 0. The van der Waals surface area contributed by atoms with Gasteiger partial charge in [-0.2, -0.15) is 0 Å². The maximum atomic E-state index is 12.4. The summed E-state index contributed by atoms with van der Waals surface area (Å²) >= 11 is 0. The molecule has 0 aromatic carbocycles. The van der Waals surface area contributed by atoms with Crippen LogP contribution in [-0.2, 0) is 4.79 Å². The number of hydrogen-bond acceptors (Lipinski definition) is 2. The van der Waals surface area contributed by atoms with E-state index in [4.69, 9.17) is 0 Å². The van der Waals surface area contributed by atoms with E-state index >= 15 is 0 Å². The Morgan fingerprint density at radius 3 is 2.65 bits per heavy atom. The standard InChI is InChI=1S/C13H24N2O.ClH/c1-3-13(6-4-7-13)12(16)15-8-5-11(10-15)9-14-2;/h11,14H,3-10H2,1-2H3;1H. The molecule has 1 N–H and O–H groups in total. The molecule has 1 unspecified atom stereocenters. The van der Waals surface area contributed by atoms with Crippen LogP contribution in [0.1, 0.15) is 39.0 Å². The Kier molecular flexibility index (Phi) is 5.26. The van der Waals surface area contributed by atoms with Gasteiger partial charge in [-0.3, -0.25) is 4.79 Å². The van der Waals surface area contributed by atoms with E-state index in [1.54, 1.807) is 0 Å². The fraction of sp³-hybridized carbons (Fsp3) is 0.923. The van der Waals surface area contributed by atoms with E-state index in [2.05, 4.69) is 17.1 Å². The van der Waals surface area contributed by atoms with Gasteiger partial charge in [0.1, 0.15) is 0 Å². The van der Waals surface area contributed by atoms with Crippen molar-refractivity contribution in [1.82, 2.24) is 10.2 Å². The van der Waals surface area contributed by atoms with Crippen molar-refractivity contribution in [2.75, 3.05) is 26.7 Å². The van der Waals surface area contributed by atoms with Gasteiger partial charge >= 0.3 is 0 Å². The van der Waals surface area contributed by atoms with Crippen molar-refractivity contribution in [3.05, 3.63) is 0 Å². The van der Waals surface area contributed by atoms with Crippen molar-refractivity contribution in [2.45, 2.75) is 39.0 Å². The van der Waals surface area contributed by atoms with Gasteiger partial charge in [0.15, 0.2) is 0 Å². The SMILES string of the molecule is CCC1(C(=O)N2CCC(CNC)C2)CCC1.Cl. The van der Waals surface area contributed by atoms with Crippen LogP contribution in [0.3, 0.4) is 0 Å². The number of amides is 1. The number of carbonyl (C=O) groups is 1. The third-order valence-corrected chi connectivity index (χ3v) is 4.51. The fourth-order valence-electron chi connectivity index (χ4n) is 3.13. The zero-order valence-electron chi connectivity index (χ0n) is 11.0. The van der Waals surface area contributed by atoms with Gasteiger partial charge in [-0.05, 0) is 45.2 Å². The molecule has 0 spiro atoms. The topological polar surface area (TPSA) is 32.3 Å². The molecule has 2 rings (SSSR count). The minimum absolute atomic E-state index is 0. The fourth-order valence-corrected chi connectivity index (χ4v) is 3.13. The van der Waals surface area contributed by atoms with Gasteiger partial charge in [-0.25, -0.2) is 0 Å². The number of nitrogens with zero attached hydrogens (tertiary/aromatic N) is 1.